The Bertz CT molecular complexity index is 387. The molecule has 0 radical (unpaired) electrons. The van der Waals surface area contributed by atoms with Crippen LogP contribution in [0.15, 0.2) is 6.20 Å². The minimum absolute atomic E-state index is 0.331. The highest BCUT2D eigenvalue weighted by atomic mass is 15.3. The Balaban J connectivity index is 2.31. The van der Waals surface area contributed by atoms with Crippen molar-refractivity contribution in [3.63, 3.8) is 0 Å². The molecule has 0 amide bonds. The fraction of sp³-hybridized carbons (Fsp3) is 0.786. The van der Waals surface area contributed by atoms with Gasteiger partial charge in [-0.3, -0.25) is 0 Å². The minimum atomic E-state index is 0.331. The lowest BCUT2D eigenvalue weighted by molar-refractivity contribution is 0.107. The van der Waals surface area contributed by atoms with E-state index < -0.39 is 0 Å². The molecule has 2 unspecified atom stereocenters. The van der Waals surface area contributed by atoms with Crippen LogP contribution < -0.4 is 5.73 Å². The van der Waals surface area contributed by atoms with Gasteiger partial charge in [-0.2, -0.15) is 5.10 Å². The van der Waals surface area contributed by atoms with Crippen molar-refractivity contribution >= 4 is 5.82 Å². The van der Waals surface area contributed by atoms with Gasteiger partial charge in [-0.1, -0.05) is 33.6 Å². The highest BCUT2D eigenvalue weighted by Crippen LogP contribution is 2.44. The van der Waals surface area contributed by atoms with E-state index in [4.69, 9.17) is 5.73 Å². The van der Waals surface area contributed by atoms with Crippen LogP contribution in [0.2, 0.25) is 0 Å². The molecular formula is C14H25N3. The Morgan fingerprint density at radius 2 is 1.94 bits per heavy atom. The Morgan fingerprint density at radius 3 is 2.47 bits per heavy atom. The van der Waals surface area contributed by atoms with E-state index in [1.54, 1.807) is 0 Å². The summed E-state index contributed by atoms with van der Waals surface area (Å²) in [7, 11) is 0. The van der Waals surface area contributed by atoms with Gasteiger partial charge in [-0.05, 0) is 31.1 Å². The Morgan fingerprint density at radius 1 is 1.29 bits per heavy atom. The first-order valence-electron chi connectivity index (χ1n) is 6.71. The van der Waals surface area contributed by atoms with Crippen LogP contribution in [0.25, 0.3) is 0 Å². The first-order valence-corrected chi connectivity index (χ1v) is 6.71. The summed E-state index contributed by atoms with van der Waals surface area (Å²) in [6.45, 7) is 9.04. The Hall–Kier alpha value is -0.990. The molecule has 0 aromatic carbocycles. The topological polar surface area (TPSA) is 43.8 Å². The van der Waals surface area contributed by atoms with Crippen molar-refractivity contribution in [2.24, 2.45) is 11.3 Å². The SMILES string of the molecule is Cc1cnn(C2CCCCC2C(C)(C)C)c1N. The van der Waals surface area contributed by atoms with Crippen LogP contribution >= 0.6 is 0 Å². The fourth-order valence-electron chi connectivity index (χ4n) is 3.14. The summed E-state index contributed by atoms with van der Waals surface area (Å²) < 4.78 is 2.07. The number of aromatic nitrogens is 2. The van der Waals surface area contributed by atoms with Crippen LogP contribution in [0.1, 0.15) is 58.1 Å². The normalized spacial score (nSPS) is 26.1. The molecular weight excluding hydrogens is 210 g/mol. The second-order valence-corrected chi connectivity index (χ2v) is 6.48. The lowest BCUT2D eigenvalue weighted by atomic mass is 9.69. The van der Waals surface area contributed by atoms with Crippen LogP contribution in [0.4, 0.5) is 5.82 Å². The molecule has 3 heteroatoms. The number of nitrogen functional groups attached to an aromatic ring is 1. The lowest BCUT2D eigenvalue weighted by Gasteiger charge is -2.40. The van der Waals surface area contributed by atoms with E-state index in [1.165, 1.54) is 25.7 Å². The summed E-state index contributed by atoms with van der Waals surface area (Å²) in [4.78, 5) is 0. The summed E-state index contributed by atoms with van der Waals surface area (Å²) in [5.74, 6) is 1.53. The first-order chi connectivity index (χ1) is 7.91. The molecule has 0 spiro atoms. The van der Waals surface area contributed by atoms with Crippen molar-refractivity contribution in [3.05, 3.63) is 11.8 Å². The first kappa shape index (κ1) is 12.5. The van der Waals surface area contributed by atoms with Gasteiger partial charge < -0.3 is 5.73 Å². The molecule has 96 valence electrons. The molecule has 2 atom stereocenters. The molecule has 0 bridgehead atoms. The highest BCUT2D eigenvalue weighted by Gasteiger charge is 2.36. The standard InChI is InChI=1S/C14H25N3/c1-10-9-16-17(13(10)15)12-8-6-5-7-11(12)14(2,3)4/h9,11-12H,5-8,15H2,1-4H3. The van der Waals surface area contributed by atoms with Gasteiger partial charge in [0, 0.05) is 5.56 Å². The van der Waals surface area contributed by atoms with Gasteiger partial charge in [-0.15, -0.1) is 0 Å². The van der Waals surface area contributed by atoms with E-state index in [0.29, 0.717) is 17.4 Å². The van der Waals surface area contributed by atoms with E-state index in [1.807, 2.05) is 13.1 Å². The van der Waals surface area contributed by atoms with Crippen molar-refractivity contribution in [2.45, 2.75) is 59.4 Å². The number of nitrogens with two attached hydrogens (primary N) is 1. The summed E-state index contributed by atoms with van der Waals surface area (Å²) in [6.07, 6.45) is 7.05. The van der Waals surface area contributed by atoms with Crippen LogP contribution in [-0.2, 0) is 0 Å². The second kappa shape index (κ2) is 4.35. The van der Waals surface area contributed by atoms with Gasteiger partial charge in [0.25, 0.3) is 0 Å². The average Bonchev–Trinajstić information content (AvgIpc) is 2.59. The van der Waals surface area contributed by atoms with Crippen molar-refractivity contribution in [1.29, 1.82) is 0 Å². The minimum Gasteiger partial charge on any atom is -0.384 e. The number of aryl methyl sites for hydroxylation is 1. The third-order valence-electron chi connectivity index (χ3n) is 4.18. The van der Waals surface area contributed by atoms with Crippen LogP contribution in [0.3, 0.4) is 0 Å². The van der Waals surface area contributed by atoms with Crippen LogP contribution in [-0.4, -0.2) is 9.78 Å². The summed E-state index contributed by atoms with van der Waals surface area (Å²) >= 11 is 0. The Kier molecular flexibility index (Phi) is 3.19. The molecule has 1 fully saturated rings. The van der Waals surface area contributed by atoms with Gasteiger partial charge >= 0.3 is 0 Å². The Labute approximate surface area is 104 Å². The van der Waals surface area contributed by atoms with Crippen LogP contribution in [0, 0.1) is 18.3 Å². The van der Waals surface area contributed by atoms with Crippen molar-refractivity contribution in [3.8, 4) is 0 Å². The summed E-state index contributed by atoms with van der Waals surface area (Å²) in [6, 6.07) is 0.484. The molecule has 2 N–H and O–H groups in total. The number of anilines is 1. The predicted molar refractivity (Wildman–Crippen MR) is 71.8 cm³/mol. The highest BCUT2D eigenvalue weighted by molar-refractivity contribution is 5.37. The molecule has 0 saturated heterocycles. The molecule has 1 saturated carbocycles. The maximum Gasteiger partial charge on any atom is 0.124 e. The molecule has 0 aliphatic heterocycles. The molecule has 3 nitrogen and oxygen atoms in total. The molecule has 1 aliphatic carbocycles. The molecule has 1 heterocycles. The zero-order valence-electron chi connectivity index (χ0n) is 11.5. The smallest absolute Gasteiger partial charge is 0.124 e. The van der Waals surface area contributed by atoms with E-state index >= 15 is 0 Å². The second-order valence-electron chi connectivity index (χ2n) is 6.48. The monoisotopic (exact) mass is 235 g/mol. The molecule has 1 aliphatic rings. The maximum absolute atomic E-state index is 6.14. The fourth-order valence-corrected chi connectivity index (χ4v) is 3.14. The van der Waals surface area contributed by atoms with Crippen molar-refractivity contribution < 1.29 is 0 Å². The third kappa shape index (κ3) is 2.33. The van der Waals surface area contributed by atoms with Gasteiger partial charge in [0.1, 0.15) is 5.82 Å². The number of hydrogen-bond acceptors (Lipinski definition) is 2. The average molecular weight is 235 g/mol. The summed E-state index contributed by atoms with van der Waals surface area (Å²) in [5, 5.41) is 4.49. The van der Waals surface area contributed by atoms with E-state index in [9.17, 15) is 0 Å². The van der Waals surface area contributed by atoms with Crippen molar-refractivity contribution in [1.82, 2.24) is 9.78 Å². The zero-order chi connectivity index (χ0) is 12.6. The van der Waals surface area contributed by atoms with Crippen LogP contribution in [0.5, 0.6) is 0 Å². The summed E-state index contributed by atoms with van der Waals surface area (Å²) in [5.41, 5.74) is 7.57. The lowest BCUT2D eigenvalue weighted by Crippen LogP contribution is -2.33. The number of hydrogen-bond donors (Lipinski definition) is 1. The largest absolute Gasteiger partial charge is 0.384 e. The molecule has 1 aromatic heterocycles. The van der Waals surface area contributed by atoms with E-state index in [-0.39, 0.29) is 0 Å². The molecule has 2 rings (SSSR count). The van der Waals surface area contributed by atoms with Gasteiger partial charge in [0.05, 0.1) is 12.2 Å². The van der Waals surface area contributed by atoms with Gasteiger partial charge in [0.2, 0.25) is 0 Å². The quantitative estimate of drug-likeness (QED) is 0.809. The zero-order valence-corrected chi connectivity index (χ0v) is 11.5. The molecule has 1 aromatic rings. The van der Waals surface area contributed by atoms with E-state index in [2.05, 4.69) is 30.6 Å². The number of rotatable bonds is 1. The van der Waals surface area contributed by atoms with Gasteiger partial charge in [0.15, 0.2) is 0 Å². The predicted octanol–water partition coefficient (Wildman–Crippen LogP) is 3.55. The van der Waals surface area contributed by atoms with E-state index in [0.717, 1.165) is 11.4 Å². The number of nitrogens with zero attached hydrogens (tertiary/aromatic N) is 2. The maximum atomic E-state index is 6.14. The van der Waals surface area contributed by atoms with Gasteiger partial charge in [-0.25, -0.2) is 4.68 Å². The molecule has 17 heavy (non-hydrogen) atoms. The van der Waals surface area contributed by atoms with Crippen molar-refractivity contribution in [2.75, 3.05) is 5.73 Å². The third-order valence-corrected chi connectivity index (χ3v) is 4.18.